The molecule has 3 rings (SSSR count). The van der Waals surface area contributed by atoms with Gasteiger partial charge in [-0.25, -0.2) is 9.37 Å². The van der Waals surface area contributed by atoms with Crippen molar-refractivity contribution < 1.29 is 9.18 Å². The lowest BCUT2D eigenvalue weighted by atomic mass is 9.97. The van der Waals surface area contributed by atoms with Crippen molar-refractivity contribution in [1.29, 1.82) is 0 Å². The highest BCUT2D eigenvalue weighted by atomic mass is 79.9. The molecule has 1 saturated heterocycles. The maximum atomic E-state index is 13.3. The summed E-state index contributed by atoms with van der Waals surface area (Å²) >= 11 is 4.75. The molecule has 1 aromatic carbocycles. The van der Waals surface area contributed by atoms with E-state index in [2.05, 4.69) is 31.5 Å². The molecule has 0 saturated carbocycles. The molecule has 1 fully saturated rings. The fourth-order valence-corrected chi connectivity index (χ4v) is 3.88. The van der Waals surface area contributed by atoms with Crippen molar-refractivity contribution in [2.45, 2.75) is 18.8 Å². The largest absolute Gasteiger partial charge is 0.317 e. The van der Waals surface area contributed by atoms with Crippen molar-refractivity contribution in [1.82, 2.24) is 10.3 Å². The number of thiazole rings is 1. The number of amides is 1. The van der Waals surface area contributed by atoms with Crippen LogP contribution in [-0.2, 0) is 0 Å². The Morgan fingerprint density at radius 3 is 2.95 bits per heavy atom. The smallest absolute Gasteiger partial charge is 0.258 e. The number of anilines is 1. The summed E-state index contributed by atoms with van der Waals surface area (Å²) in [6, 6.07) is 4.03. The van der Waals surface area contributed by atoms with Crippen molar-refractivity contribution in [2.75, 3.05) is 18.4 Å². The predicted molar refractivity (Wildman–Crippen MR) is 89.0 cm³/mol. The Kier molecular flexibility index (Phi) is 4.85. The van der Waals surface area contributed by atoms with Crippen molar-refractivity contribution in [3.63, 3.8) is 0 Å². The van der Waals surface area contributed by atoms with Crippen LogP contribution in [0.3, 0.4) is 0 Å². The lowest BCUT2D eigenvalue weighted by molar-refractivity contribution is 0.102. The standard InChI is InChI=1S/C15H15BrFN3OS/c16-12-2-1-10(17)7-11(12)14(21)20-15-19-8-13(22-15)9-3-5-18-6-4-9/h1-2,7-9,18H,3-6H2,(H,19,20,21). The average molecular weight is 384 g/mol. The maximum Gasteiger partial charge on any atom is 0.258 e. The van der Waals surface area contributed by atoms with Crippen LogP contribution in [-0.4, -0.2) is 24.0 Å². The first-order valence-electron chi connectivity index (χ1n) is 7.06. The minimum atomic E-state index is -0.442. The molecule has 2 aromatic rings. The summed E-state index contributed by atoms with van der Waals surface area (Å²) in [4.78, 5) is 17.7. The third-order valence-corrected chi connectivity index (χ3v) is 5.43. The van der Waals surface area contributed by atoms with Gasteiger partial charge in [0.2, 0.25) is 0 Å². The highest BCUT2D eigenvalue weighted by molar-refractivity contribution is 9.10. The van der Waals surface area contributed by atoms with Gasteiger partial charge in [0.25, 0.3) is 5.91 Å². The van der Waals surface area contributed by atoms with E-state index in [1.807, 2.05) is 6.20 Å². The van der Waals surface area contributed by atoms with Crippen LogP contribution in [0.2, 0.25) is 0 Å². The number of piperidine rings is 1. The Morgan fingerprint density at radius 1 is 1.41 bits per heavy atom. The zero-order valence-corrected chi connectivity index (χ0v) is 14.1. The second-order valence-electron chi connectivity index (χ2n) is 5.17. The van der Waals surface area contributed by atoms with Gasteiger partial charge in [-0.2, -0.15) is 0 Å². The van der Waals surface area contributed by atoms with E-state index in [1.54, 1.807) is 0 Å². The number of hydrogen-bond donors (Lipinski definition) is 2. The van der Waals surface area contributed by atoms with Gasteiger partial charge in [0.05, 0.1) is 5.56 Å². The summed E-state index contributed by atoms with van der Waals surface area (Å²) in [5, 5.41) is 6.62. The van der Waals surface area contributed by atoms with E-state index >= 15 is 0 Å². The zero-order chi connectivity index (χ0) is 15.5. The van der Waals surface area contributed by atoms with E-state index in [0.717, 1.165) is 25.9 Å². The first-order valence-corrected chi connectivity index (χ1v) is 8.67. The first-order chi connectivity index (χ1) is 10.6. The number of hydrogen-bond acceptors (Lipinski definition) is 4. The van der Waals surface area contributed by atoms with Crippen molar-refractivity contribution >= 4 is 38.3 Å². The molecule has 7 heteroatoms. The van der Waals surface area contributed by atoms with Gasteiger partial charge in [0.15, 0.2) is 5.13 Å². The fourth-order valence-electron chi connectivity index (χ4n) is 2.48. The zero-order valence-electron chi connectivity index (χ0n) is 11.7. The van der Waals surface area contributed by atoms with Crippen molar-refractivity contribution in [2.24, 2.45) is 0 Å². The number of rotatable bonds is 3. The Balaban J connectivity index is 1.71. The summed E-state index contributed by atoms with van der Waals surface area (Å²) in [6.45, 7) is 2.03. The molecule has 2 heterocycles. The third-order valence-electron chi connectivity index (χ3n) is 3.66. The number of benzene rings is 1. The van der Waals surface area contributed by atoms with Gasteiger partial charge in [-0.15, -0.1) is 11.3 Å². The molecule has 0 radical (unpaired) electrons. The third kappa shape index (κ3) is 3.53. The van der Waals surface area contributed by atoms with Crippen LogP contribution in [0, 0.1) is 5.82 Å². The molecular formula is C15H15BrFN3OS. The number of carbonyl (C=O) groups excluding carboxylic acids is 1. The summed E-state index contributed by atoms with van der Waals surface area (Å²) in [5.41, 5.74) is 0.263. The number of nitrogens with zero attached hydrogens (tertiary/aromatic N) is 1. The molecule has 22 heavy (non-hydrogen) atoms. The molecule has 0 unspecified atom stereocenters. The molecule has 1 aromatic heterocycles. The Morgan fingerprint density at radius 2 is 2.18 bits per heavy atom. The summed E-state index contributed by atoms with van der Waals surface area (Å²) in [6.07, 6.45) is 4.01. The summed E-state index contributed by atoms with van der Waals surface area (Å²) in [5.74, 6) is -0.300. The van der Waals surface area contributed by atoms with E-state index in [0.29, 0.717) is 15.5 Å². The molecule has 2 N–H and O–H groups in total. The van der Waals surface area contributed by atoms with Crippen LogP contribution in [0.4, 0.5) is 9.52 Å². The average Bonchev–Trinajstić information content (AvgIpc) is 2.99. The topological polar surface area (TPSA) is 54.0 Å². The van der Waals surface area contributed by atoms with Crippen molar-refractivity contribution in [3.8, 4) is 0 Å². The van der Waals surface area contributed by atoms with Crippen LogP contribution >= 0.6 is 27.3 Å². The van der Waals surface area contributed by atoms with Gasteiger partial charge < -0.3 is 5.32 Å². The van der Waals surface area contributed by atoms with Crippen molar-refractivity contribution in [3.05, 3.63) is 45.1 Å². The van der Waals surface area contributed by atoms with Gasteiger partial charge >= 0.3 is 0 Å². The van der Waals surface area contributed by atoms with E-state index in [-0.39, 0.29) is 11.5 Å². The van der Waals surface area contributed by atoms with Crippen LogP contribution in [0.5, 0.6) is 0 Å². The quantitative estimate of drug-likeness (QED) is 0.847. The molecule has 0 aliphatic carbocycles. The SMILES string of the molecule is O=C(Nc1ncc(C2CCNCC2)s1)c1cc(F)ccc1Br. The highest BCUT2D eigenvalue weighted by Gasteiger charge is 2.19. The molecule has 0 bridgehead atoms. The Labute approximate surface area is 140 Å². The number of carbonyl (C=O) groups is 1. The van der Waals surface area contributed by atoms with E-state index < -0.39 is 5.82 Å². The van der Waals surface area contributed by atoms with Crippen LogP contribution in [0.15, 0.2) is 28.9 Å². The fraction of sp³-hybridized carbons (Fsp3) is 0.333. The van der Waals surface area contributed by atoms with Gasteiger partial charge in [-0.05, 0) is 66.0 Å². The lowest BCUT2D eigenvalue weighted by Crippen LogP contribution is -2.26. The van der Waals surface area contributed by atoms with E-state index in [4.69, 9.17) is 0 Å². The molecule has 1 aliphatic rings. The van der Waals surface area contributed by atoms with Crippen LogP contribution in [0.25, 0.3) is 0 Å². The molecule has 0 atom stereocenters. The summed E-state index contributed by atoms with van der Waals surface area (Å²) < 4.78 is 13.8. The molecule has 1 aliphatic heterocycles. The van der Waals surface area contributed by atoms with E-state index in [9.17, 15) is 9.18 Å². The van der Waals surface area contributed by atoms with Gasteiger partial charge in [-0.1, -0.05) is 0 Å². The minimum Gasteiger partial charge on any atom is -0.317 e. The minimum absolute atomic E-state index is 0.263. The molecule has 1 amide bonds. The second-order valence-corrected chi connectivity index (χ2v) is 7.09. The molecule has 4 nitrogen and oxygen atoms in total. The Bertz CT molecular complexity index is 685. The molecule has 116 valence electrons. The second kappa shape index (κ2) is 6.85. The number of halogens is 2. The highest BCUT2D eigenvalue weighted by Crippen LogP contribution is 2.32. The monoisotopic (exact) mass is 383 g/mol. The first kappa shape index (κ1) is 15.6. The normalized spacial score (nSPS) is 15.7. The molecular weight excluding hydrogens is 369 g/mol. The Hall–Kier alpha value is -1.31. The van der Waals surface area contributed by atoms with Crippen LogP contribution < -0.4 is 10.6 Å². The molecule has 0 spiro atoms. The lowest BCUT2D eigenvalue weighted by Gasteiger charge is -2.20. The number of aromatic nitrogens is 1. The van der Waals surface area contributed by atoms with E-state index in [1.165, 1.54) is 34.4 Å². The van der Waals surface area contributed by atoms with Gasteiger partial charge in [0, 0.05) is 15.5 Å². The maximum absolute atomic E-state index is 13.3. The predicted octanol–water partition coefficient (Wildman–Crippen LogP) is 3.76. The van der Waals surface area contributed by atoms with Crippen LogP contribution in [0.1, 0.15) is 34.0 Å². The van der Waals surface area contributed by atoms with Gasteiger partial charge in [0.1, 0.15) is 5.82 Å². The number of nitrogens with one attached hydrogen (secondary N) is 2. The summed E-state index contributed by atoms with van der Waals surface area (Å²) in [7, 11) is 0. The van der Waals surface area contributed by atoms with Gasteiger partial charge in [-0.3, -0.25) is 10.1 Å².